The summed E-state index contributed by atoms with van der Waals surface area (Å²) in [5.74, 6) is 0. The van der Waals surface area contributed by atoms with Crippen molar-refractivity contribution in [3.63, 3.8) is 0 Å². The third-order valence-corrected chi connectivity index (χ3v) is 6.81. The van der Waals surface area contributed by atoms with Gasteiger partial charge in [-0.15, -0.1) is 11.3 Å². The standard InChI is InChI=1S/C13H14N4O3S2/c18-13-14-6-9-7-16(3-4-17(9)13)22(19,20)10-1-2-12-11(5-10)15-8-21-12/h1-2,5,8-9H,3-4,6-7H2,(H,14,18). The molecule has 0 aliphatic carbocycles. The quantitative estimate of drug-likeness (QED) is 0.873. The van der Waals surface area contributed by atoms with Gasteiger partial charge < -0.3 is 10.2 Å². The fourth-order valence-electron chi connectivity index (χ4n) is 2.94. The van der Waals surface area contributed by atoms with Gasteiger partial charge in [-0.2, -0.15) is 4.31 Å². The molecule has 2 aromatic rings. The van der Waals surface area contributed by atoms with E-state index in [4.69, 9.17) is 0 Å². The van der Waals surface area contributed by atoms with E-state index in [-0.39, 0.29) is 17.0 Å². The Morgan fingerprint density at radius 2 is 2.18 bits per heavy atom. The van der Waals surface area contributed by atoms with Crippen LogP contribution in [0.5, 0.6) is 0 Å². The Balaban J connectivity index is 1.64. The highest BCUT2D eigenvalue weighted by molar-refractivity contribution is 7.89. The molecular weight excluding hydrogens is 324 g/mol. The minimum Gasteiger partial charge on any atom is -0.336 e. The van der Waals surface area contributed by atoms with Crippen molar-refractivity contribution in [2.45, 2.75) is 10.9 Å². The molecule has 0 bridgehead atoms. The molecule has 1 unspecified atom stereocenters. The summed E-state index contributed by atoms with van der Waals surface area (Å²) in [6.45, 7) is 1.57. The van der Waals surface area contributed by atoms with Gasteiger partial charge in [0.05, 0.1) is 26.7 Å². The lowest BCUT2D eigenvalue weighted by atomic mass is 10.2. The second-order valence-electron chi connectivity index (χ2n) is 5.38. The van der Waals surface area contributed by atoms with E-state index in [1.54, 1.807) is 28.6 Å². The van der Waals surface area contributed by atoms with Crippen LogP contribution in [0.3, 0.4) is 0 Å². The number of urea groups is 1. The first-order valence-corrected chi connectivity index (χ1v) is 9.25. The second-order valence-corrected chi connectivity index (χ2v) is 8.20. The minimum atomic E-state index is -3.56. The average molecular weight is 338 g/mol. The summed E-state index contributed by atoms with van der Waals surface area (Å²) in [5.41, 5.74) is 2.40. The molecule has 1 N–H and O–H groups in total. The number of nitrogens with one attached hydrogen (secondary N) is 1. The zero-order valence-corrected chi connectivity index (χ0v) is 13.2. The SMILES string of the molecule is O=C1NCC2CN(S(=O)(=O)c3ccc4scnc4c3)CCN12. The lowest BCUT2D eigenvalue weighted by Gasteiger charge is -2.35. The number of hydrogen-bond donors (Lipinski definition) is 1. The van der Waals surface area contributed by atoms with Crippen LogP contribution in [-0.4, -0.2) is 60.9 Å². The van der Waals surface area contributed by atoms with E-state index in [0.29, 0.717) is 31.7 Å². The van der Waals surface area contributed by atoms with Crippen LogP contribution in [-0.2, 0) is 10.0 Å². The number of nitrogens with zero attached hydrogens (tertiary/aromatic N) is 3. The highest BCUT2D eigenvalue weighted by Gasteiger charge is 2.39. The number of aromatic nitrogens is 1. The molecule has 1 atom stereocenters. The normalized spacial score (nSPS) is 22.8. The van der Waals surface area contributed by atoms with Gasteiger partial charge in [0, 0.05) is 26.2 Å². The lowest BCUT2D eigenvalue weighted by Crippen LogP contribution is -2.53. The molecule has 2 amide bonds. The number of hydrogen-bond acceptors (Lipinski definition) is 5. The van der Waals surface area contributed by atoms with E-state index in [2.05, 4.69) is 10.3 Å². The monoisotopic (exact) mass is 338 g/mol. The summed E-state index contributed by atoms with van der Waals surface area (Å²) in [6.07, 6.45) is 0. The van der Waals surface area contributed by atoms with E-state index in [0.717, 1.165) is 4.70 Å². The van der Waals surface area contributed by atoms with Crippen LogP contribution in [0.2, 0.25) is 0 Å². The van der Waals surface area contributed by atoms with Crippen LogP contribution in [0.25, 0.3) is 10.2 Å². The van der Waals surface area contributed by atoms with Gasteiger partial charge >= 0.3 is 6.03 Å². The Kier molecular flexibility index (Phi) is 3.10. The number of carbonyl (C=O) groups excluding carboxylic acids is 1. The predicted molar refractivity (Wildman–Crippen MR) is 82.3 cm³/mol. The van der Waals surface area contributed by atoms with Crippen molar-refractivity contribution in [1.29, 1.82) is 0 Å². The van der Waals surface area contributed by atoms with Gasteiger partial charge in [0.2, 0.25) is 10.0 Å². The zero-order chi connectivity index (χ0) is 15.3. The molecule has 2 aliphatic rings. The van der Waals surface area contributed by atoms with Crippen LogP contribution >= 0.6 is 11.3 Å². The molecule has 0 spiro atoms. The summed E-state index contributed by atoms with van der Waals surface area (Å²) in [7, 11) is -3.56. The first-order valence-electron chi connectivity index (χ1n) is 6.93. The summed E-state index contributed by atoms with van der Waals surface area (Å²) in [5, 5.41) is 2.75. The van der Waals surface area contributed by atoms with Crippen molar-refractivity contribution in [3.05, 3.63) is 23.7 Å². The van der Waals surface area contributed by atoms with Crippen molar-refractivity contribution < 1.29 is 13.2 Å². The van der Waals surface area contributed by atoms with Crippen molar-refractivity contribution in [2.75, 3.05) is 26.2 Å². The van der Waals surface area contributed by atoms with Crippen LogP contribution in [0.4, 0.5) is 4.79 Å². The van der Waals surface area contributed by atoms with Gasteiger partial charge in [0.15, 0.2) is 0 Å². The van der Waals surface area contributed by atoms with Gasteiger partial charge in [0.1, 0.15) is 0 Å². The topological polar surface area (TPSA) is 82.6 Å². The van der Waals surface area contributed by atoms with Gasteiger partial charge in [-0.05, 0) is 18.2 Å². The van der Waals surface area contributed by atoms with E-state index in [1.165, 1.54) is 15.6 Å². The average Bonchev–Trinajstić information content (AvgIpc) is 3.13. The maximum Gasteiger partial charge on any atom is 0.317 e. The Bertz CT molecular complexity index is 848. The maximum atomic E-state index is 12.8. The first kappa shape index (κ1) is 13.9. The van der Waals surface area contributed by atoms with Gasteiger partial charge in [-0.25, -0.2) is 18.2 Å². The lowest BCUT2D eigenvalue weighted by molar-refractivity contribution is 0.164. The van der Waals surface area contributed by atoms with E-state index < -0.39 is 10.0 Å². The molecule has 1 aromatic heterocycles. The first-order chi connectivity index (χ1) is 10.6. The van der Waals surface area contributed by atoms with Crippen LogP contribution < -0.4 is 5.32 Å². The van der Waals surface area contributed by atoms with E-state index in [1.807, 2.05) is 0 Å². The predicted octanol–water partition coefficient (Wildman–Crippen LogP) is 0.694. The molecule has 2 fully saturated rings. The van der Waals surface area contributed by atoms with Gasteiger partial charge in [0.25, 0.3) is 0 Å². The number of benzene rings is 1. The molecule has 116 valence electrons. The fourth-order valence-corrected chi connectivity index (χ4v) is 5.09. The molecule has 0 saturated carbocycles. The molecule has 3 heterocycles. The summed E-state index contributed by atoms with van der Waals surface area (Å²) < 4.78 is 28.0. The third-order valence-electron chi connectivity index (χ3n) is 4.13. The molecule has 2 aliphatic heterocycles. The van der Waals surface area contributed by atoms with Crippen LogP contribution in [0, 0.1) is 0 Å². The largest absolute Gasteiger partial charge is 0.336 e. The summed E-state index contributed by atoms with van der Waals surface area (Å²) in [6, 6.07) is 4.84. The number of thiazole rings is 1. The second kappa shape index (κ2) is 4.90. The number of fused-ring (bicyclic) bond motifs is 2. The van der Waals surface area contributed by atoms with Crippen LogP contribution in [0.1, 0.15) is 0 Å². The molecule has 1 aromatic carbocycles. The number of amides is 2. The molecule has 22 heavy (non-hydrogen) atoms. The minimum absolute atomic E-state index is 0.0842. The highest BCUT2D eigenvalue weighted by atomic mass is 32.2. The highest BCUT2D eigenvalue weighted by Crippen LogP contribution is 2.25. The Labute approximate surface area is 131 Å². The van der Waals surface area contributed by atoms with E-state index >= 15 is 0 Å². The third kappa shape index (κ3) is 2.08. The molecule has 2 saturated heterocycles. The molecule has 0 radical (unpaired) electrons. The van der Waals surface area contributed by atoms with E-state index in [9.17, 15) is 13.2 Å². The van der Waals surface area contributed by atoms with Crippen LogP contribution in [0.15, 0.2) is 28.6 Å². The number of rotatable bonds is 2. The summed E-state index contributed by atoms with van der Waals surface area (Å²) in [4.78, 5) is 17.7. The summed E-state index contributed by atoms with van der Waals surface area (Å²) >= 11 is 1.48. The number of sulfonamides is 1. The molecular formula is C13H14N4O3S2. The van der Waals surface area contributed by atoms with Crippen molar-refractivity contribution in [2.24, 2.45) is 0 Å². The Morgan fingerprint density at radius 3 is 3.05 bits per heavy atom. The smallest absolute Gasteiger partial charge is 0.317 e. The van der Waals surface area contributed by atoms with Gasteiger partial charge in [-0.1, -0.05) is 0 Å². The number of carbonyl (C=O) groups is 1. The Hall–Kier alpha value is -1.71. The molecule has 4 rings (SSSR count). The zero-order valence-electron chi connectivity index (χ0n) is 11.6. The van der Waals surface area contributed by atoms with Crippen molar-refractivity contribution >= 4 is 37.6 Å². The van der Waals surface area contributed by atoms with Crippen molar-refractivity contribution in [1.82, 2.24) is 19.5 Å². The maximum absolute atomic E-state index is 12.8. The van der Waals surface area contributed by atoms with Crippen molar-refractivity contribution in [3.8, 4) is 0 Å². The number of piperazine rings is 1. The molecule has 7 nitrogen and oxygen atoms in total. The Morgan fingerprint density at radius 1 is 1.32 bits per heavy atom. The fraction of sp³-hybridized carbons (Fsp3) is 0.385. The van der Waals surface area contributed by atoms with Gasteiger partial charge in [-0.3, -0.25) is 0 Å². The molecule has 9 heteroatoms.